The Morgan fingerprint density at radius 1 is 1.18 bits per heavy atom. The van der Waals surface area contributed by atoms with Gasteiger partial charge >= 0.3 is 5.97 Å². The number of carbonyl (C=O) groups is 1. The van der Waals surface area contributed by atoms with Gasteiger partial charge in [-0.05, 0) is 30.3 Å². The molecule has 1 N–H and O–H groups in total. The van der Waals surface area contributed by atoms with Crippen LogP contribution in [0.5, 0.6) is 5.75 Å². The molecule has 0 aliphatic heterocycles. The minimum atomic E-state index is -0.669. The lowest BCUT2D eigenvalue weighted by atomic mass is 10.2. The summed E-state index contributed by atoms with van der Waals surface area (Å²) in [5.41, 5.74) is 0.263. The molecule has 0 radical (unpaired) electrons. The van der Waals surface area contributed by atoms with Crippen LogP contribution in [0.3, 0.4) is 0 Å². The molecule has 0 saturated heterocycles. The molecule has 0 aliphatic carbocycles. The van der Waals surface area contributed by atoms with E-state index in [1.165, 1.54) is 24.3 Å². The molecule has 0 saturated carbocycles. The number of carbonyl (C=O) groups excluding carboxylic acids is 1. The normalized spacial score (nSPS) is 10.5. The molecular weight excluding hydrogens is 286 g/mol. The molecule has 0 bridgehead atoms. The molecule has 22 heavy (non-hydrogen) atoms. The first-order valence-electron chi connectivity index (χ1n) is 6.44. The SMILES string of the molecule is O=C(OCn1nnc2ccccc2c1=O)c1cccc(O)c1. The van der Waals surface area contributed by atoms with E-state index in [-0.39, 0.29) is 18.0 Å². The number of fused-ring (bicyclic) bond motifs is 1. The largest absolute Gasteiger partial charge is 0.508 e. The summed E-state index contributed by atoms with van der Waals surface area (Å²) in [4.78, 5) is 24.0. The minimum Gasteiger partial charge on any atom is -0.508 e. The smallest absolute Gasteiger partial charge is 0.340 e. The topological polar surface area (TPSA) is 94.3 Å². The van der Waals surface area contributed by atoms with E-state index in [1.54, 1.807) is 24.3 Å². The van der Waals surface area contributed by atoms with Gasteiger partial charge in [-0.1, -0.05) is 23.4 Å². The van der Waals surface area contributed by atoms with Gasteiger partial charge in [0.2, 0.25) is 0 Å². The Hall–Kier alpha value is -3.22. The van der Waals surface area contributed by atoms with Gasteiger partial charge in [0.25, 0.3) is 5.56 Å². The zero-order valence-electron chi connectivity index (χ0n) is 11.3. The van der Waals surface area contributed by atoms with Crippen LogP contribution in [0.15, 0.2) is 53.3 Å². The fraction of sp³-hybridized carbons (Fsp3) is 0.0667. The highest BCUT2D eigenvalue weighted by Gasteiger charge is 2.10. The number of ether oxygens (including phenoxy) is 1. The molecule has 7 nitrogen and oxygen atoms in total. The van der Waals surface area contributed by atoms with Gasteiger partial charge in [0.05, 0.1) is 10.9 Å². The summed E-state index contributed by atoms with van der Waals surface area (Å²) in [7, 11) is 0. The van der Waals surface area contributed by atoms with E-state index in [4.69, 9.17) is 4.74 Å². The number of rotatable bonds is 3. The number of benzene rings is 2. The lowest BCUT2D eigenvalue weighted by Gasteiger charge is -2.06. The number of nitrogens with zero attached hydrogens (tertiary/aromatic N) is 3. The first kappa shape index (κ1) is 13.7. The average Bonchev–Trinajstić information content (AvgIpc) is 2.54. The molecule has 0 aliphatic rings. The van der Waals surface area contributed by atoms with Crippen LogP contribution in [-0.2, 0) is 11.5 Å². The van der Waals surface area contributed by atoms with Crippen LogP contribution in [-0.4, -0.2) is 26.1 Å². The summed E-state index contributed by atoms with van der Waals surface area (Å²) in [6, 6.07) is 12.5. The third-order valence-corrected chi connectivity index (χ3v) is 3.03. The second kappa shape index (κ2) is 5.65. The lowest BCUT2D eigenvalue weighted by molar-refractivity contribution is 0.0335. The zero-order valence-corrected chi connectivity index (χ0v) is 11.3. The quantitative estimate of drug-likeness (QED) is 0.732. The average molecular weight is 297 g/mol. The number of esters is 1. The molecule has 3 rings (SSSR count). The van der Waals surface area contributed by atoms with E-state index < -0.39 is 11.5 Å². The van der Waals surface area contributed by atoms with E-state index in [2.05, 4.69) is 10.3 Å². The number of aromatic hydroxyl groups is 1. The number of hydrogen-bond acceptors (Lipinski definition) is 6. The van der Waals surface area contributed by atoms with Crippen molar-refractivity contribution in [1.29, 1.82) is 0 Å². The van der Waals surface area contributed by atoms with Crippen LogP contribution >= 0.6 is 0 Å². The van der Waals surface area contributed by atoms with E-state index in [9.17, 15) is 14.7 Å². The van der Waals surface area contributed by atoms with Crippen LogP contribution < -0.4 is 5.56 Å². The van der Waals surface area contributed by atoms with Gasteiger partial charge in [-0.3, -0.25) is 4.79 Å². The summed E-state index contributed by atoms with van der Waals surface area (Å²) in [5.74, 6) is -0.713. The highest BCUT2D eigenvalue weighted by Crippen LogP contribution is 2.12. The molecule has 1 heterocycles. The van der Waals surface area contributed by atoms with Crippen molar-refractivity contribution in [2.24, 2.45) is 0 Å². The molecule has 0 atom stereocenters. The van der Waals surface area contributed by atoms with Gasteiger partial charge in [0.15, 0.2) is 6.73 Å². The third-order valence-electron chi connectivity index (χ3n) is 3.03. The van der Waals surface area contributed by atoms with Crippen molar-refractivity contribution in [2.45, 2.75) is 6.73 Å². The van der Waals surface area contributed by atoms with Gasteiger partial charge in [0.1, 0.15) is 11.3 Å². The summed E-state index contributed by atoms with van der Waals surface area (Å²) in [5, 5.41) is 17.3. The monoisotopic (exact) mass is 297 g/mol. The maximum atomic E-state index is 12.2. The van der Waals surface area contributed by atoms with Gasteiger partial charge < -0.3 is 9.84 Å². The van der Waals surface area contributed by atoms with Crippen LogP contribution in [0.1, 0.15) is 10.4 Å². The Bertz CT molecular complexity index is 904. The number of aromatic nitrogens is 3. The molecule has 110 valence electrons. The Balaban J connectivity index is 1.81. The maximum absolute atomic E-state index is 12.2. The van der Waals surface area contributed by atoms with Gasteiger partial charge in [-0.15, -0.1) is 5.10 Å². The van der Waals surface area contributed by atoms with Crippen LogP contribution in [0.25, 0.3) is 10.9 Å². The summed E-state index contributed by atoms with van der Waals surface area (Å²) in [6.45, 7) is -0.356. The van der Waals surface area contributed by atoms with Crippen molar-refractivity contribution in [1.82, 2.24) is 15.0 Å². The molecule has 2 aromatic carbocycles. The highest BCUT2D eigenvalue weighted by molar-refractivity contribution is 5.89. The molecule has 0 fully saturated rings. The molecule has 7 heteroatoms. The van der Waals surface area contributed by atoms with Crippen molar-refractivity contribution < 1.29 is 14.6 Å². The lowest BCUT2D eigenvalue weighted by Crippen LogP contribution is -2.26. The first-order chi connectivity index (χ1) is 10.6. The number of phenols is 1. The second-order valence-electron chi connectivity index (χ2n) is 4.52. The predicted octanol–water partition coefficient (Wildman–Crippen LogP) is 1.31. The third kappa shape index (κ3) is 2.64. The second-order valence-corrected chi connectivity index (χ2v) is 4.52. The summed E-state index contributed by atoms with van der Waals surface area (Å²) < 4.78 is 5.97. The van der Waals surface area contributed by atoms with Crippen LogP contribution in [0.4, 0.5) is 0 Å². The molecule has 0 amide bonds. The molecular formula is C15H11N3O4. The fourth-order valence-corrected chi connectivity index (χ4v) is 1.94. The Morgan fingerprint density at radius 3 is 2.82 bits per heavy atom. The van der Waals surface area contributed by atoms with E-state index >= 15 is 0 Å². The van der Waals surface area contributed by atoms with E-state index in [0.717, 1.165) is 4.68 Å². The standard InChI is InChI=1S/C15H11N3O4/c19-11-5-3-4-10(8-11)15(21)22-9-18-14(20)12-6-1-2-7-13(12)16-17-18/h1-8,19H,9H2. The molecule has 0 spiro atoms. The molecule has 1 aromatic heterocycles. The minimum absolute atomic E-state index is 0.0443. The van der Waals surface area contributed by atoms with Crippen molar-refractivity contribution in [3.63, 3.8) is 0 Å². The Labute approximate surface area is 124 Å². The molecule has 3 aromatic rings. The first-order valence-corrected chi connectivity index (χ1v) is 6.44. The maximum Gasteiger partial charge on any atom is 0.340 e. The Kier molecular flexibility index (Phi) is 3.53. The van der Waals surface area contributed by atoms with E-state index in [0.29, 0.717) is 10.9 Å². The van der Waals surface area contributed by atoms with Gasteiger partial charge in [-0.2, -0.15) is 4.68 Å². The number of phenolic OH excluding ortho intramolecular Hbond substituents is 1. The molecule has 0 unspecified atom stereocenters. The summed E-state index contributed by atoms with van der Waals surface area (Å²) in [6.07, 6.45) is 0. The Morgan fingerprint density at radius 2 is 2.00 bits per heavy atom. The summed E-state index contributed by atoms with van der Waals surface area (Å²) >= 11 is 0. The van der Waals surface area contributed by atoms with Crippen LogP contribution in [0.2, 0.25) is 0 Å². The highest BCUT2D eigenvalue weighted by atomic mass is 16.5. The van der Waals surface area contributed by atoms with Gasteiger partial charge in [0, 0.05) is 0 Å². The van der Waals surface area contributed by atoms with Crippen molar-refractivity contribution in [3.05, 3.63) is 64.4 Å². The number of hydrogen-bond donors (Lipinski definition) is 1. The predicted molar refractivity (Wildman–Crippen MR) is 77.3 cm³/mol. The van der Waals surface area contributed by atoms with Gasteiger partial charge in [-0.25, -0.2) is 4.79 Å². The van der Waals surface area contributed by atoms with Crippen molar-refractivity contribution in [2.75, 3.05) is 0 Å². The van der Waals surface area contributed by atoms with Crippen molar-refractivity contribution >= 4 is 16.9 Å². The fourth-order valence-electron chi connectivity index (χ4n) is 1.94. The van der Waals surface area contributed by atoms with Crippen LogP contribution in [0, 0.1) is 0 Å². The van der Waals surface area contributed by atoms with E-state index in [1.807, 2.05) is 0 Å². The van der Waals surface area contributed by atoms with Crippen molar-refractivity contribution in [3.8, 4) is 5.75 Å². The zero-order chi connectivity index (χ0) is 15.5.